The third kappa shape index (κ3) is 3.21. The quantitative estimate of drug-likeness (QED) is 0.170. The Morgan fingerprint density at radius 1 is 0.723 bits per heavy atom. The monoisotopic (exact) mass is 618 g/mol. The van der Waals surface area contributed by atoms with Gasteiger partial charge in [0.05, 0.1) is 21.9 Å². The molecule has 1 unspecified atom stereocenters. The molecule has 4 heterocycles. The van der Waals surface area contributed by atoms with Gasteiger partial charge in [-0.25, -0.2) is 4.39 Å². The van der Waals surface area contributed by atoms with Crippen LogP contribution in [0.3, 0.4) is 0 Å². The van der Waals surface area contributed by atoms with Crippen LogP contribution < -0.4 is 9.13 Å². The molecule has 3 aliphatic rings. The fourth-order valence-corrected chi connectivity index (χ4v) is 10.4. The first-order chi connectivity index (χ1) is 22.8. The third-order valence-corrected chi connectivity index (χ3v) is 12.4. The summed E-state index contributed by atoms with van der Waals surface area (Å²) in [6.07, 6.45) is 9.91. The lowest BCUT2D eigenvalue weighted by molar-refractivity contribution is -0.855. The first kappa shape index (κ1) is 28.8. The first-order valence-electron chi connectivity index (χ1n) is 17.7. The molecule has 1 spiro atoms. The molecule has 0 saturated heterocycles. The van der Waals surface area contributed by atoms with E-state index >= 15 is 4.39 Å². The molecule has 0 fully saturated rings. The fourth-order valence-electron chi connectivity index (χ4n) is 10.4. The van der Waals surface area contributed by atoms with Gasteiger partial charge in [-0.1, -0.05) is 89.1 Å². The molecule has 6 aromatic rings. The number of hydrogen-bond donors (Lipinski definition) is 0. The Kier molecular flexibility index (Phi) is 5.88. The van der Waals surface area contributed by atoms with Gasteiger partial charge in [-0.3, -0.25) is 0 Å². The minimum absolute atomic E-state index is 0.112. The van der Waals surface area contributed by atoms with Crippen molar-refractivity contribution in [2.75, 3.05) is 0 Å². The Hall–Kier alpha value is -4.37. The molecule has 9 rings (SSSR count). The average Bonchev–Trinajstić information content (AvgIpc) is 3.37. The molecule has 0 amide bonds. The molecule has 2 nitrogen and oxygen atoms in total. The highest BCUT2D eigenvalue weighted by Crippen LogP contribution is 2.61. The maximum Gasteiger partial charge on any atom is 0.284 e. The van der Waals surface area contributed by atoms with Gasteiger partial charge < -0.3 is 0 Å². The van der Waals surface area contributed by atoms with E-state index in [0.29, 0.717) is 0 Å². The van der Waals surface area contributed by atoms with E-state index in [-0.39, 0.29) is 11.4 Å². The van der Waals surface area contributed by atoms with Gasteiger partial charge in [0.1, 0.15) is 5.82 Å². The molecule has 0 bridgehead atoms. The van der Waals surface area contributed by atoms with Crippen LogP contribution in [0.4, 0.5) is 4.39 Å². The van der Waals surface area contributed by atoms with Crippen LogP contribution in [0.5, 0.6) is 0 Å². The molecule has 3 heteroatoms. The molecule has 0 N–H and O–H groups in total. The normalized spacial score (nSPS) is 19.0. The van der Waals surface area contributed by atoms with E-state index in [2.05, 4.69) is 136 Å². The van der Waals surface area contributed by atoms with Gasteiger partial charge in [-0.05, 0) is 65.9 Å². The molecule has 47 heavy (non-hydrogen) atoms. The van der Waals surface area contributed by atoms with E-state index < -0.39 is 11.0 Å². The van der Waals surface area contributed by atoms with Crippen molar-refractivity contribution in [1.29, 1.82) is 0 Å². The standard InChI is InChI=1S/C44H43FN2/c1-7-10-13-28-17-19-34-37-30(28)23-25-46-41(37)38-35(20-21-36(45)39(38)42(34,5)6)44(43(46,8-2)9-3)33-18-16-27(4)26-32(33)40-31-15-12-11-14-29(31)22-24-47(40)44/h11-12,14-26H,7-10,13H2,1-6H3/q+2. The van der Waals surface area contributed by atoms with Gasteiger partial charge in [0, 0.05) is 47.1 Å². The van der Waals surface area contributed by atoms with Crippen molar-refractivity contribution in [2.45, 2.75) is 90.1 Å². The van der Waals surface area contributed by atoms with Crippen molar-refractivity contribution in [3.05, 3.63) is 130 Å². The van der Waals surface area contributed by atoms with Gasteiger partial charge in [0.2, 0.25) is 16.9 Å². The zero-order valence-corrected chi connectivity index (χ0v) is 28.5. The minimum Gasteiger partial charge on any atom is -0.207 e. The number of rotatable bonds is 5. The number of halogens is 1. The summed E-state index contributed by atoms with van der Waals surface area (Å²) in [6.45, 7) is 13.7. The number of pyridine rings is 2. The summed E-state index contributed by atoms with van der Waals surface area (Å²) in [5, 5.41) is 5.14. The van der Waals surface area contributed by atoms with E-state index in [1.165, 1.54) is 66.3 Å². The van der Waals surface area contributed by atoms with Crippen molar-refractivity contribution < 1.29 is 13.5 Å². The summed E-state index contributed by atoms with van der Waals surface area (Å²) in [5.41, 5.74) is 10.6. The molecule has 234 valence electrons. The Bertz CT molecular complexity index is 2330. The van der Waals surface area contributed by atoms with Gasteiger partial charge in [0.25, 0.3) is 5.54 Å². The second-order valence-corrected chi connectivity index (χ2v) is 14.8. The van der Waals surface area contributed by atoms with E-state index in [1.54, 1.807) is 6.07 Å². The molecule has 4 aromatic carbocycles. The fraction of sp³-hybridized carbons (Fsp3) is 0.318. The molecule has 0 saturated carbocycles. The zero-order chi connectivity index (χ0) is 32.5. The zero-order valence-electron chi connectivity index (χ0n) is 28.5. The first-order valence-corrected chi connectivity index (χ1v) is 17.7. The van der Waals surface area contributed by atoms with E-state index in [4.69, 9.17) is 0 Å². The number of fused-ring (bicyclic) bond motifs is 8. The maximum atomic E-state index is 16.7. The van der Waals surface area contributed by atoms with Crippen LogP contribution in [0, 0.1) is 12.7 Å². The van der Waals surface area contributed by atoms with E-state index in [1.807, 2.05) is 0 Å². The van der Waals surface area contributed by atoms with Crippen molar-refractivity contribution in [3.63, 3.8) is 0 Å². The Labute approximate surface area is 277 Å². The van der Waals surface area contributed by atoms with E-state index in [0.717, 1.165) is 43.2 Å². The van der Waals surface area contributed by atoms with Crippen molar-refractivity contribution >= 4 is 21.5 Å². The SMILES string of the molecule is CCCCc1ccc2c3c4[n+](ccc13)C(CC)(CC)C1(c3ccc(C)cc3-c3c5ccccc5cc[n+]31)c1ccc(F)c(c1-4)C2(C)C. The highest BCUT2D eigenvalue weighted by atomic mass is 19.1. The number of unbranched alkanes of at least 4 members (excludes halogenated alkanes) is 1. The maximum absolute atomic E-state index is 16.7. The minimum atomic E-state index is -0.588. The Morgan fingerprint density at radius 3 is 2.26 bits per heavy atom. The predicted molar refractivity (Wildman–Crippen MR) is 189 cm³/mol. The summed E-state index contributed by atoms with van der Waals surface area (Å²) in [5.74, 6) is -0.112. The van der Waals surface area contributed by atoms with Gasteiger partial charge in [-0.15, -0.1) is 0 Å². The number of aryl methyl sites for hydroxylation is 2. The summed E-state index contributed by atoms with van der Waals surface area (Å²) in [4.78, 5) is 0. The Morgan fingerprint density at radius 2 is 1.47 bits per heavy atom. The van der Waals surface area contributed by atoms with Gasteiger partial charge >= 0.3 is 0 Å². The van der Waals surface area contributed by atoms with Gasteiger partial charge in [0.15, 0.2) is 12.4 Å². The lowest BCUT2D eigenvalue weighted by Gasteiger charge is -2.47. The second kappa shape index (κ2) is 9.60. The van der Waals surface area contributed by atoms with Crippen molar-refractivity contribution in [3.8, 4) is 22.5 Å². The molecule has 1 atom stereocenters. The largest absolute Gasteiger partial charge is 0.284 e. The molecule has 2 aromatic heterocycles. The van der Waals surface area contributed by atoms with Crippen LogP contribution in [-0.4, -0.2) is 0 Å². The molecule has 0 radical (unpaired) electrons. The van der Waals surface area contributed by atoms with Crippen molar-refractivity contribution in [2.24, 2.45) is 0 Å². The highest BCUT2D eigenvalue weighted by molar-refractivity contribution is 6.03. The lowest BCUT2D eigenvalue weighted by Crippen LogP contribution is -2.79. The number of nitrogens with zero attached hydrogens (tertiary/aromatic N) is 2. The molecule has 1 aliphatic carbocycles. The highest BCUT2D eigenvalue weighted by Gasteiger charge is 2.74. The van der Waals surface area contributed by atoms with Crippen LogP contribution in [0.25, 0.3) is 44.1 Å². The van der Waals surface area contributed by atoms with Crippen LogP contribution in [0.2, 0.25) is 0 Å². The smallest absolute Gasteiger partial charge is 0.207 e. The molecular formula is C44H43FN2+2. The number of aromatic nitrogens is 2. The second-order valence-electron chi connectivity index (χ2n) is 14.8. The van der Waals surface area contributed by atoms with Crippen LogP contribution >= 0.6 is 0 Å². The third-order valence-electron chi connectivity index (χ3n) is 12.4. The lowest BCUT2D eigenvalue weighted by atomic mass is 9.57. The van der Waals surface area contributed by atoms with Gasteiger partial charge in [-0.2, -0.15) is 9.13 Å². The summed E-state index contributed by atoms with van der Waals surface area (Å²) in [7, 11) is 0. The number of benzene rings is 4. The topological polar surface area (TPSA) is 7.76 Å². The summed E-state index contributed by atoms with van der Waals surface area (Å²) < 4.78 is 21.9. The summed E-state index contributed by atoms with van der Waals surface area (Å²) in [6, 6.07) is 29.1. The number of hydrogen-bond acceptors (Lipinski definition) is 0. The van der Waals surface area contributed by atoms with Crippen LogP contribution in [-0.2, 0) is 22.9 Å². The summed E-state index contributed by atoms with van der Waals surface area (Å²) >= 11 is 0. The van der Waals surface area contributed by atoms with Crippen LogP contribution in [0.15, 0.2) is 91.3 Å². The van der Waals surface area contributed by atoms with Crippen LogP contribution in [0.1, 0.15) is 93.7 Å². The van der Waals surface area contributed by atoms with E-state index in [9.17, 15) is 0 Å². The van der Waals surface area contributed by atoms with Crippen molar-refractivity contribution in [1.82, 2.24) is 0 Å². The Balaban J connectivity index is 1.54. The molecule has 2 aliphatic heterocycles. The molecular weight excluding hydrogens is 575 g/mol. The predicted octanol–water partition coefficient (Wildman–Crippen LogP) is 9.97. The average molecular weight is 619 g/mol.